The smallest absolute Gasteiger partial charge is 0.123 e. The lowest BCUT2D eigenvalue weighted by molar-refractivity contribution is 0.135. The monoisotopic (exact) mass is 290 g/mol. The molecule has 1 aromatic carbocycles. The molecule has 1 aliphatic carbocycles. The van der Waals surface area contributed by atoms with Gasteiger partial charge in [-0.05, 0) is 38.4 Å². The van der Waals surface area contributed by atoms with E-state index in [2.05, 4.69) is 55.4 Å². The van der Waals surface area contributed by atoms with E-state index in [1.807, 2.05) is 0 Å². The molecule has 0 amide bonds. The Morgan fingerprint density at radius 3 is 2.71 bits per heavy atom. The van der Waals surface area contributed by atoms with Gasteiger partial charge in [0.1, 0.15) is 12.4 Å². The Bertz CT molecular complexity index is 415. The molecule has 0 unspecified atom stereocenters. The normalized spacial score (nSPS) is 15.5. The highest BCUT2D eigenvalue weighted by Gasteiger charge is 2.21. The van der Waals surface area contributed by atoms with Crippen molar-refractivity contribution in [3.8, 4) is 5.75 Å². The van der Waals surface area contributed by atoms with Crippen LogP contribution in [0.4, 0.5) is 0 Å². The van der Waals surface area contributed by atoms with Gasteiger partial charge < -0.3 is 15.0 Å². The fourth-order valence-corrected chi connectivity index (χ4v) is 2.60. The van der Waals surface area contributed by atoms with E-state index in [-0.39, 0.29) is 0 Å². The van der Waals surface area contributed by atoms with Crippen molar-refractivity contribution in [3.63, 3.8) is 0 Å². The molecule has 1 aliphatic rings. The van der Waals surface area contributed by atoms with Crippen LogP contribution in [-0.4, -0.2) is 37.7 Å². The highest BCUT2D eigenvalue weighted by Crippen LogP contribution is 2.23. The van der Waals surface area contributed by atoms with Gasteiger partial charge in [-0.1, -0.05) is 38.5 Å². The molecule has 21 heavy (non-hydrogen) atoms. The highest BCUT2D eigenvalue weighted by atomic mass is 16.5. The summed E-state index contributed by atoms with van der Waals surface area (Å²) < 4.78 is 6.00. The Hall–Kier alpha value is -1.06. The second-order valence-electron chi connectivity index (χ2n) is 6.55. The zero-order valence-corrected chi connectivity index (χ0v) is 13.8. The fraction of sp³-hybridized carbons (Fsp3) is 0.667. The number of nitrogens with zero attached hydrogens (tertiary/aromatic N) is 1. The van der Waals surface area contributed by atoms with Gasteiger partial charge in [0.25, 0.3) is 0 Å². The fourth-order valence-electron chi connectivity index (χ4n) is 2.60. The molecule has 2 rings (SSSR count). The molecule has 0 spiro atoms. The van der Waals surface area contributed by atoms with E-state index in [9.17, 15) is 0 Å². The number of benzene rings is 1. The van der Waals surface area contributed by atoms with E-state index in [4.69, 9.17) is 4.74 Å². The number of nitrogens with one attached hydrogen (secondary N) is 1. The summed E-state index contributed by atoms with van der Waals surface area (Å²) in [6.45, 7) is 8.16. The molecule has 0 aromatic heterocycles. The first-order valence-electron chi connectivity index (χ1n) is 8.28. The summed E-state index contributed by atoms with van der Waals surface area (Å²) in [5.41, 5.74) is 1.25. The van der Waals surface area contributed by atoms with Gasteiger partial charge in [-0.3, -0.25) is 0 Å². The maximum Gasteiger partial charge on any atom is 0.123 e. The molecule has 3 nitrogen and oxygen atoms in total. The largest absolute Gasteiger partial charge is 0.492 e. The summed E-state index contributed by atoms with van der Waals surface area (Å²) in [6, 6.07) is 9.15. The average molecular weight is 290 g/mol. The summed E-state index contributed by atoms with van der Waals surface area (Å²) >= 11 is 0. The molecule has 0 aliphatic heterocycles. The van der Waals surface area contributed by atoms with Gasteiger partial charge in [0.15, 0.2) is 0 Å². The second kappa shape index (κ2) is 8.40. The van der Waals surface area contributed by atoms with Crippen LogP contribution in [0.5, 0.6) is 5.75 Å². The molecule has 1 fully saturated rings. The predicted molar refractivity (Wildman–Crippen MR) is 88.8 cm³/mol. The second-order valence-corrected chi connectivity index (χ2v) is 6.55. The minimum absolute atomic E-state index is 0.675. The Labute approximate surface area is 129 Å². The van der Waals surface area contributed by atoms with E-state index in [0.29, 0.717) is 5.92 Å². The van der Waals surface area contributed by atoms with Crippen LogP contribution >= 0.6 is 0 Å². The van der Waals surface area contributed by atoms with E-state index in [1.54, 1.807) is 0 Å². The Morgan fingerprint density at radius 2 is 2.05 bits per heavy atom. The number of likely N-dealkylation sites (N-methyl/N-ethyl adjacent to an activating group) is 1. The maximum absolute atomic E-state index is 6.00. The third-order valence-electron chi connectivity index (χ3n) is 4.24. The molecule has 1 N–H and O–H groups in total. The summed E-state index contributed by atoms with van der Waals surface area (Å²) in [5.74, 6) is 1.70. The lowest BCUT2D eigenvalue weighted by atomic mass is 9.92. The van der Waals surface area contributed by atoms with Crippen LogP contribution in [0.1, 0.15) is 38.7 Å². The summed E-state index contributed by atoms with van der Waals surface area (Å²) in [4.78, 5) is 2.43. The van der Waals surface area contributed by atoms with Crippen molar-refractivity contribution < 1.29 is 4.74 Å². The van der Waals surface area contributed by atoms with Crippen molar-refractivity contribution in [3.05, 3.63) is 29.8 Å². The van der Waals surface area contributed by atoms with Gasteiger partial charge >= 0.3 is 0 Å². The summed E-state index contributed by atoms with van der Waals surface area (Å²) in [7, 11) is 2.21. The van der Waals surface area contributed by atoms with Crippen molar-refractivity contribution >= 4 is 0 Å². The van der Waals surface area contributed by atoms with Gasteiger partial charge in [0, 0.05) is 24.7 Å². The summed E-state index contributed by atoms with van der Waals surface area (Å²) in [6.07, 6.45) is 4.10. The average Bonchev–Trinajstić information content (AvgIpc) is 2.38. The van der Waals surface area contributed by atoms with Crippen molar-refractivity contribution in [2.24, 2.45) is 5.92 Å². The van der Waals surface area contributed by atoms with Crippen molar-refractivity contribution in [2.45, 2.75) is 45.7 Å². The van der Waals surface area contributed by atoms with E-state index in [0.717, 1.165) is 38.0 Å². The summed E-state index contributed by atoms with van der Waals surface area (Å²) in [5, 5.41) is 3.49. The number of para-hydroxylation sites is 1. The van der Waals surface area contributed by atoms with Crippen molar-refractivity contribution in [1.29, 1.82) is 0 Å². The maximum atomic E-state index is 6.00. The molecular formula is C18H30N2O. The van der Waals surface area contributed by atoms with Gasteiger partial charge in [0.2, 0.25) is 0 Å². The molecule has 0 radical (unpaired) electrons. The van der Waals surface area contributed by atoms with Crippen molar-refractivity contribution in [1.82, 2.24) is 10.2 Å². The molecule has 0 heterocycles. The first kappa shape index (κ1) is 16.3. The molecule has 0 saturated heterocycles. The van der Waals surface area contributed by atoms with E-state index >= 15 is 0 Å². The SMILES string of the molecule is CC(C)CNCc1ccccc1OCCN(C)C1CCC1. The number of rotatable bonds is 9. The van der Waals surface area contributed by atoms with Crippen molar-refractivity contribution in [2.75, 3.05) is 26.7 Å². The lowest BCUT2D eigenvalue weighted by Gasteiger charge is -2.34. The number of ether oxygens (including phenoxy) is 1. The number of hydrogen-bond acceptors (Lipinski definition) is 3. The molecule has 1 saturated carbocycles. The Kier molecular flexibility index (Phi) is 6.52. The topological polar surface area (TPSA) is 24.5 Å². The third kappa shape index (κ3) is 5.33. The standard InChI is InChI=1S/C18H30N2O/c1-15(2)13-19-14-16-7-4-5-10-18(16)21-12-11-20(3)17-8-6-9-17/h4-5,7,10,15,17,19H,6,8-9,11-14H2,1-3H3. The highest BCUT2D eigenvalue weighted by molar-refractivity contribution is 5.33. The van der Waals surface area contributed by atoms with Crippen LogP contribution in [-0.2, 0) is 6.54 Å². The minimum Gasteiger partial charge on any atom is -0.492 e. The molecule has 118 valence electrons. The van der Waals surface area contributed by atoms with Gasteiger partial charge in [-0.15, -0.1) is 0 Å². The Morgan fingerprint density at radius 1 is 1.29 bits per heavy atom. The first-order chi connectivity index (χ1) is 10.2. The van der Waals surface area contributed by atoms with Gasteiger partial charge in [-0.25, -0.2) is 0 Å². The number of hydrogen-bond donors (Lipinski definition) is 1. The first-order valence-corrected chi connectivity index (χ1v) is 8.28. The quantitative estimate of drug-likeness (QED) is 0.755. The van der Waals surface area contributed by atoms with E-state index in [1.165, 1.54) is 24.8 Å². The molecule has 0 atom stereocenters. The van der Waals surface area contributed by atoms with Gasteiger partial charge in [-0.2, -0.15) is 0 Å². The van der Waals surface area contributed by atoms with E-state index < -0.39 is 0 Å². The lowest BCUT2D eigenvalue weighted by Crippen LogP contribution is -2.39. The van der Waals surface area contributed by atoms with Crippen LogP contribution in [0.2, 0.25) is 0 Å². The van der Waals surface area contributed by atoms with Crippen LogP contribution in [0.25, 0.3) is 0 Å². The van der Waals surface area contributed by atoms with Crippen LogP contribution in [0, 0.1) is 5.92 Å². The van der Waals surface area contributed by atoms with Crippen LogP contribution < -0.4 is 10.1 Å². The third-order valence-corrected chi connectivity index (χ3v) is 4.24. The zero-order valence-electron chi connectivity index (χ0n) is 13.8. The van der Waals surface area contributed by atoms with Crippen LogP contribution in [0.15, 0.2) is 24.3 Å². The van der Waals surface area contributed by atoms with Crippen LogP contribution in [0.3, 0.4) is 0 Å². The molecular weight excluding hydrogens is 260 g/mol. The molecule has 1 aromatic rings. The van der Waals surface area contributed by atoms with Gasteiger partial charge in [0.05, 0.1) is 0 Å². The minimum atomic E-state index is 0.675. The predicted octanol–water partition coefficient (Wildman–Crippen LogP) is 3.30. The molecule has 0 bridgehead atoms. The molecule has 3 heteroatoms. The Balaban J connectivity index is 1.76. The zero-order chi connectivity index (χ0) is 15.1.